The van der Waals surface area contributed by atoms with Crippen LogP contribution in [0.5, 0.6) is 5.75 Å². The fourth-order valence-electron chi connectivity index (χ4n) is 2.80. The number of guanidine groups is 1. The summed E-state index contributed by atoms with van der Waals surface area (Å²) in [7, 11) is 0. The number of hydrogen-bond donors (Lipinski definition) is 3. The highest BCUT2D eigenvalue weighted by Crippen LogP contribution is 2.36. The van der Waals surface area contributed by atoms with E-state index in [9.17, 15) is 9.90 Å². The number of hydrogen-bond acceptors (Lipinski definition) is 2. The van der Waals surface area contributed by atoms with Crippen LogP contribution in [0.1, 0.15) is 33.5 Å². The molecule has 0 aliphatic heterocycles. The van der Waals surface area contributed by atoms with E-state index in [4.69, 9.17) is 11.5 Å². The van der Waals surface area contributed by atoms with Gasteiger partial charge in [0.1, 0.15) is 5.75 Å². The number of aromatic hydroxyl groups is 1. The molecule has 5 N–H and O–H groups in total. The van der Waals surface area contributed by atoms with E-state index in [1.165, 1.54) is 0 Å². The third-order valence-electron chi connectivity index (χ3n) is 3.83. The molecule has 0 heterocycles. The van der Waals surface area contributed by atoms with E-state index in [1.807, 2.05) is 18.2 Å². The lowest BCUT2D eigenvalue weighted by Gasteiger charge is -2.19. The number of phenolic OH excluding ortho intramolecular Hbond substituents is 1. The van der Waals surface area contributed by atoms with Crippen molar-refractivity contribution in [3.63, 3.8) is 0 Å². The molecule has 1 amide bonds. The Kier molecular flexibility index (Phi) is 3.85. The number of aryl methyl sites for hydroxylation is 1. The van der Waals surface area contributed by atoms with Crippen LogP contribution in [0.3, 0.4) is 0 Å². The zero-order valence-corrected chi connectivity index (χ0v) is 12.5. The topological polar surface area (TPSA) is 102 Å². The minimum Gasteiger partial charge on any atom is -0.507 e. The van der Waals surface area contributed by atoms with Crippen LogP contribution in [0.25, 0.3) is 5.57 Å². The molecule has 23 heavy (non-hydrogen) atoms. The van der Waals surface area contributed by atoms with Crippen molar-refractivity contribution in [2.45, 2.75) is 12.8 Å². The number of benzene rings is 2. The predicted octanol–water partition coefficient (Wildman–Crippen LogP) is 2.18. The number of phenols is 1. The Labute approximate surface area is 134 Å². The molecule has 0 atom stereocenters. The molecular weight excluding hydrogens is 290 g/mol. The highest BCUT2D eigenvalue weighted by atomic mass is 16.3. The molecule has 0 aromatic heterocycles. The Bertz CT molecular complexity index is 834. The highest BCUT2D eigenvalue weighted by Gasteiger charge is 2.18. The van der Waals surface area contributed by atoms with Crippen molar-refractivity contribution in [2.75, 3.05) is 0 Å². The normalized spacial score (nSPS) is 13.0. The van der Waals surface area contributed by atoms with Gasteiger partial charge in [0.15, 0.2) is 5.96 Å². The summed E-state index contributed by atoms with van der Waals surface area (Å²) in [6, 6.07) is 12.6. The first-order valence-corrected chi connectivity index (χ1v) is 7.32. The molecule has 0 saturated heterocycles. The molecule has 0 saturated carbocycles. The number of rotatable bonds is 2. The van der Waals surface area contributed by atoms with Gasteiger partial charge in [-0.3, -0.25) is 4.79 Å². The molecule has 3 rings (SSSR count). The third-order valence-corrected chi connectivity index (χ3v) is 3.83. The lowest BCUT2D eigenvalue weighted by Crippen LogP contribution is -2.24. The van der Waals surface area contributed by atoms with Crippen LogP contribution >= 0.6 is 0 Å². The van der Waals surface area contributed by atoms with Crippen LogP contribution in [0, 0.1) is 0 Å². The molecule has 0 bridgehead atoms. The number of fused-ring (bicyclic) bond motifs is 1. The van der Waals surface area contributed by atoms with Crippen LogP contribution < -0.4 is 11.5 Å². The minimum absolute atomic E-state index is 0.215. The van der Waals surface area contributed by atoms with Crippen LogP contribution in [0.4, 0.5) is 0 Å². The fourth-order valence-corrected chi connectivity index (χ4v) is 2.80. The Morgan fingerprint density at radius 3 is 2.61 bits per heavy atom. The molecule has 1 aliphatic carbocycles. The van der Waals surface area contributed by atoms with Gasteiger partial charge in [-0.1, -0.05) is 30.3 Å². The summed E-state index contributed by atoms with van der Waals surface area (Å²) in [4.78, 5) is 15.6. The summed E-state index contributed by atoms with van der Waals surface area (Å²) in [5.74, 6) is -0.522. The molecular formula is C18H17N3O2. The quantitative estimate of drug-likeness (QED) is 0.584. The monoisotopic (exact) mass is 307 g/mol. The minimum atomic E-state index is -0.477. The van der Waals surface area contributed by atoms with Crippen molar-refractivity contribution in [1.29, 1.82) is 0 Å². The first-order valence-electron chi connectivity index (χ1n) is 7.32. The van der Waals surface area contributed by atoms with Crippen molar-refractivity contribution < 1.29 is 9.90 Å². The zero-order chi connectivity index (χ0) is 16.4. The number of carbonyl (C=O) groups is 1. The molecule has 2 aromatic carbocycles. The van der Waals surface area contributed by atoms with E-state index in [-0.39, 0.29) is 11.7 Å². The van der Waals surface area contributed by atoms with Gasteiger partial charge in [0.25, 0.3) is 5.91 Å². The van der Waals surface area contributed by atoms with Gasteiger partial charge in [0.2, 0.25) is 0 Å². The van der Waals surface area contributed by atoms with E-state index >= 15 is 0 Å². The molecule has 5 heteroatoms. The summed E-state index contributed by atoms with van der Waals surface area (Å²) >= 11 is 0. The number of carbonyl (C=O) groups excluding carboxylic acids is 1. The first kappa shape index (κ1) is 14.8. The van der Waals surface area contributed by atoms with Gasteiger partial charge in [0, 0.05) is 11.1 Å². The average molecular weight is 307 g/mol. The molecule has 2 aromatic rings. The van der Waals surface area contributed by atoms with Crippen molar-refractivity contribution in [2.24, 2.45) is 16.5 Å². The van der Waals surface area contributed by atoms with Gasteiger partial charge in [-0.2, -0.15) is 4.99 Å². The highest BCUT2D eigenvalue weighted by molar-refractivity contribution is 6.02. The van der Waals surface area contributed by atoms with Crippen LogP contribution in [0.2, 0.25) is 0 Å². The number of allylic oxidation sites excluding steroid dienone is 1. The fraction of sp³-hybridized carbons (Fsp3) is 0.111. The van der Waals surface area contributed by atoms with Gasteiger partial charge in [-0.15, -0.1) is 0 Å². The van der Waals surface area contributed by atoms with E-state index in [0.29, 0.717) is 5.56 Å². The molecule has 0 unspecified atom stereocenters. The van der Waals surface area contributed by atoms with Crippen LogP contribution in [-0.2, 0) is 6.42 Å². The summed E-state index contributed by atoms with van der Waals surface area (Å²) in [5.41, 5.74) is 14.7. The summed E-state index contributed by atoms with van der Waals surface area (Å²) in [6.07, 6.45) is 3.85. The largest absolute Gasteiger partial charge is 0.507 e. The molecule has 0 radical (unpaired) electrons. The predicted molar refractivity (Wildman–Crippen MR) is 90.1 cm³/mol. The Hall–Kier alpha value is -3.08. The third kappa shape index (κ3) is 2.94. The van der Waals surface area contributed by atoms with Gasteiger partial charge < -0.3 is 16.6 Å². The molecule has 1 aliphatic rings. The lowest BCUT2D eigenvalue weighted by atomic mass is 9.85. The van der Waals surface area contributed by atoms with E-state index < -0.39 is 5.91 Å². The summed E-state index contributed by atoms with van der Waals surface area (Å²) in [6.45, 7) is 0. The Morgan fingerprint density at radius 1 is 1.09 bits per heavy atom. The summed E-state index contributed by atoms with van der Waals surface area (Å²) in [5, 5.41) is 10.1. The van der Waals surface area contributed by atoms with Gasteiger partial charge in [0.05, 0.1) is 0 Å². The molecule has 5 nitrogen and oxygen atoms in total. The maximum Gasteiger partial charge on any atom is 0.280 e. The lowest BCUT2D eigenvalue weighted by molar-refractivity contribution is 0.100. The van der Waals surface area contributed by atoms with E-state index in [1.54, 1.807) is 24.3 Å². The van der Waals surface area contributed by atoms with Gasteiger partial charge in [-0.25, -0.2) is 0 Å². The maximum absolute atomic E-state index is 12.0. The van der Waals surface area contributed by atoms with Crippen LogP contribution in [-0.4, -0.2) is 17.0 Å². The standard InChI is InChI=1S/C18H17N3O2/c19-18(20)21-17(23)12-9-8-11-4-3-6-13(15(11)10-12)14-5-1-2-7-16(14)22/h1-2,5-10,22H,3-4H2,(H4,19,20,21,23). The zero-order valence-electron chi connectivity index (χ0n) is 12.5. The van der Waals surface area contributed by atoms with Crippen molar-refractivity contribution in [3.8, 4) is 5.75 Å². The number of aliphatic imine (C=N–C) groups is 1. The molecule has 0 fully saturated rings. The van der Waals surface area contributed by atoms with Gasteiger partial charge in [-0.05, 0) is 47.7 Å². The smallest absolute Gasteiger partial charge is 0.280 e. The van der Waals surface area contributed by atoms with Crippen molar-refractivity contribution in [3.05, 3.63) is 70.8 Å². The summed E-state index contributed by atoms with van der Waals surface area (Å²) < 4.78 is 0. The first-order chi connectivity index (χ1) is 11.1. The van der Waals surface area contributed by atoms with E-state index in [2.05, 4.69) is 11.1 Å². The number of amides is 1. The van der Waals surface area contributed by atoms with Gasteiger partial charge >= 0.3 is 0 Å². The Balaban J connectivity index is 2.09. The average Bonchev–Trinajstić information content (AvgIpc) is 2.54. The molecule has 0 spiro atoms. The van der Waals surface area contributed by atoms with Crippen molar-refractivity contribution >= 4 is 17.4 Å². The molecule has 116 valence electrons. The van der Waals surface area contributed by atoms with E-state index in [0.717, 1.165) is 35.1 Å². The maximum atomic E-state index is 12.0. The number of para-hydroxylation sites is 1. The number of nitrogens with zero attached hydrogens (tertiary/aromatic N) is 1. The second-order valence-corrected chi connectivity index (χ2v) is 5.39. The Morgan fingerprint density at radius 2 is 1.87 bits per heavy atom. The second-order valence-electron chi connectivity index (χ2n) is 5.39. The SMILES string of the molecule is NC(N)=NC(=O)c1ccc2c(c1)C(c1ccccc1O)=CCC2. The van der Waals surface area contributed by atoms with Crippen molar-refractivity contribution in [1.82, 2.24) is 0 Å². The van der Waals surface area contributed by atoms with Crippen LogP contribution in [0.15, 0.2) is 53.5 Å². The number of nitrogens with two attached hydrogens (primary N) is 2. The second kappa shape index (κ2) is 5.96.